The lowest BCUT2D eigenvalue weighted by Gasteiger charge is -2.12. The third kappa shape index (κ3) is 3.46. The highest BCUT2D eigenvalue weighted by molar-refractivity contribution is 7.95. The summed E-state index contributed by atoms with van der Waals surface area (Å²) in [7, 11) is -3.72. The Hall–Kier alpha value is -2.34. The molecule has 0 bridgehead atoms. The van der Waals surface area contributed by atoms with Crippen LogP contribution in [0.25, 0.3) is 21.2 Å². The van der Waals surface area contributed by atoms with Gasteiger partial charge < -0.3 is 0 Å². The van der Waals surface area contributed by atoms with E-state index in [-0.39, 0.29) is 0 Å². The first-order valence-corrected chi connectivity index (χ1v) is 11.0. The first kappa shape index (κ1) is 18.0. The number of hydrogen-bond acceptors (Lipinski definition) is 3. The van der Waals surface area contributed by atoms with E-state index in [9.17, 15) is 8.42 Å². The summed E-state index contributed by atoms with van der Waals surface area (Å²) in [5, 5.41) is 1.46. The van der Waals surface area contributed by atoms with E-state index in [0.29, 0.717) is 20.5 Å². The molecule has 4 aromatic rings. The number of sulfonamides is 1. The predicted octanol–water partition coefficient (Wildman–Crippen LogP) is 6.33. The van der Waals surface area contributed by atoms with Crippen LogP contribution in [0.2, 0.25) is 5.02 Å². The molecule has 0 fully saturated rings. The summed E-state index contributed by atoms with van der Waals surface area (Å²) in [4.78, 5) is 0. The van der Waals surface area contributed by atoms with Gasteiger partial charge in [-0.2, -0.15) is 0 Å². The Bertz CT molecular complexity index is 1230. The van der Waals surface area contributed by atoms with Crippen molar-refractivity contribution in [1.29, 1.82) is 0 Å². The van der Waals surface area contributed by atoms with Crippen molar-refractivity contribution in [2.75, 3.05) is 4.72 Å². The molecular formula is C21H16ClNO2S2. The van der Waals surface area contributed by atoms with Crippen molar-refractivity contribution < 1.29 is 8.42 Å². The fourth-order valence-corrected chi connectivity index (χ4v) is 6.06. The predicted molar refractivity (Wildman–Crippen MR) is 114 cm³/mol. The highest BCUT2D eigenvalue weighted by Gasteiger charge is 2.23. The topological polar surface area (TPSA) is 46.2 Å². The van der Waals surface area contributed by atoms with E-state index in [1.807, 2.05) is 61.5 Å². The zero-order chi connectivity index (χ0) is 19.0. The van der Waals surface area contributed by atoms with Gasteiger partial charge in [-0.05, 0) is 47.7 Å². The molecule has 27 heavy (non-hydrogen) atoms. The first-order chi connectivity index (χ1) is 13.0. The van der Waals surface area contributed by atoms with Gasteiger partial charge in [-0.25, -0.2) is 8.42 Å². The van der Waals surface area contributed by atoms with Gasteiger partial charge in [-0.3, -0.25) is 4.72 Å². The highest BCUT2D eigenvalue weighted by atomic mass is 35.5. The van der Waals surface area contributed by atoms with Crippen LogP contribution < -0.4 is 4.72 Å². The molecule has 0 unspecified atom stereocenters. The zero-order valence-electron chi connectivity index (χ0n) is 14.4. The Labute approximate surface area is 167 Å². The molecule has 1 N–H and O–H groups in total. The Kier molecular flexibility index (Phi) is 4.68. The third-order valence-electron chi connectivity index (χ3n) is 4.35. The Morgan fingerprint density at radius 1 is 0.926 bits per heavy atom. The van der Waals surface area contributed by atoms with Gasteiger partial charge in [0.25, 0.3) is 10.0 Å². The number of anilines is 1. The molecule has 1 aromatic heterocycles. The van der Waals surface area contributed by atoms with Crippen LogP contribution in [-0.4, -0.2) is 8.42 Å². The molecule has 0 atom stereocenters. The molecule has 0 aliphatic rings. The first-order valence-electron chi connectivity index (χ1n) is 8.31. The molecule has 0 saturated carbocycles. The second kappa shape index (κ2) is 7.00. The van der Waals surface area contributed by atoms with Crippen LogP contribution in [0.5, 0.6) is 0 Å². The molecular weight excluding hydrogens is 398 g/mol. The van der Waals surface area contributed by atoms with Crippen molar-refractivity contribution in [2.45, 2.75) is 11.1 Å². The number of halogens is 1. The number of hydrogen-bond donors (Lipinski definition) is 1. The van der Waals surface area contributed by atoms with Gasteiger partial charge >= 0.3 is 0 Å². The quantitative estimate of drug-likeness (QED) is 0.424. The summed E-state index contributed by atoms with van der Waals surface area (Å²) in [5.74, 6) is 0. The van der Waals surface area contributed by atoms with Gasteiger partial charge in [-0.15, -0.1) is 11.3 Å². The SMILES string of the molecule is Cc1c(S(=O)(=O)Nc2ccccc2-c2ccccc2)sc2ccc(Cl)cc12. The molecule has 0 aliphatic carbocycles. The van der Waals surface area contributed by atoms with Crippen molar-refractivity contribution in [3.63, 3.8) is 0 Å². The summed E-state index contributed by atoms with van der Waals surface area (Å²) in [6.45, 7) is 1.81. The molecule has 0 spiro atoms. The minimum atomic E-state index is -3.72. The zero-order valence-corrected chi connectivity index (χ0v) is 16.8. The van der Waals surface area contributed by atoms with E-state index in [1.165, 1.54) is 11.3 Å². The maximum absolute atomic E-state index is 13.1. The van der Waals surface area contributed by atoms with Gasteiger partial charge in [-0.1, -0.05) is 60.1 Å². The van der Waals surface area contributed by atoms with Gasteiger partial charge in [0.15, 0.2) is 0 Å². The summed E-state index contributed by atoms with van der Waals surface area (Å²) in [6.07, 6.45) is 0. The fourth-order valence-electron chi connectivity index (χ4n) is 3.06. The molecule has 0 saturated heterocycles. The molecule has 0 aliphatic heterocycles. The molecule has 0 radical (unpaired) electrons. The van der Waals surface area contributed by atoms with E-state index in [1.54, 1.807) is 18.2 Å². The lowest BCUT2D eigenvalue weighted by atomic mass is 10.0. The molecule has 4 rings (SSSR count). The minimum absolute atomic E-state index is 0.308. The molecule has 6 heteroatoms. The van der Waals surface area contributed by atoms with Crippen molar-refractivity contribution >= 4 is 48.7 Å². The maximum atomic E-state index is 13.1. The van der Waals surface area contributed by atoms with E-state index in [0.717, 1.165) is 21.2 Å². The van der Waals surface area contributed by atoms with E-state index >= 15 is 0 Å². The lowest BCUT2D eigenvalue weighted by molar-refractivity contribution is 0.603. The molecule has 1 heterocycles. The van der Waals surface area contributed by atoms with E-state index in [4.69, 9.17) is 11.6 Å². The smallest absolute Gasteiger partial charge is 0.271 e. The van der Waals surface area contributed by atoms with Crippen molar-refractivity contribution in [2.24, 2.45) is 0 Å². The molecule has 3 aromatic carbocycles. The normalized spacial score (nSPS) is 11.6. The summed E-state index contributed by atoms with van der Waals surface area (Å²) in [5.41, 5.74) is 3.06. The van der Waals surface area contributed by atoms with Crippen LogP contribution in [-0.2, 0) is 10.0 Å². The average Bonchev–Trinajstić information content (AvgIpc) is 3.00. The van der Waals surface area contributed by atoms with Crippen LogP contribution in [0.4, 0.5) is 5.69 Å². The van der Waals surface area contributed by atoms with Crippen molar-refractivity contribution in [3.05, 3.63) is 83.4 Å². The number of thiophene rings is 1. The second-order valence-electron chi connectivity index (χ2n) is 6.17. The number of benzene rings is 3. The van der Waals surface area contributed by atoms with Gasteiger partial charge in [0.2, 0.25) is 0 Å². The Balaban J connectivity index is 1.79. The lowest BCUT2D eigenvalue weighted by Crippen LogP contribution is -2.13. The highest BCUT2D eigenvalue weighted by Crippen LogP contribution is 2.37. The molecule has 3 nitrogen and oxygen atoms in total. The maximum Gasteiger partial charge on any atom is 0.271 e. The van der Waals surface area contributed by atoms with Gasteiger partial charge in [0, 0.05) is 15.3 Å². The number of nitrogens with one attached hydrogen (secondary N) is 1. The van der Waals surface area contributed by atoms with Gasteiger partial charge in [0.05, 0.1) is 5.69 Å². The Morgan fingerprint density at radius 3 is 2.41 bits per heavy atom. The van der Waals surface area contributed by atoms with Crippen molar-refractivity contribution in [1.82, 2.24) is 0 Å². The van der Waals surface area contributed by atoms with Crippen LogP contribution in [0.15, 0.2) is 77.0 Å². The van der Waals surface area contributed by atoms with Crippen LogP contribution >= 0.6 is 22.9 Å². The monoisotopic (exact) mass is 413 g/mol. The minimum Gasteiger partial charge on any atom is -0.278 e. The Morgan fingerprint density at radius 2 is 1.63 bits per heavy atom. The standard InChI is InChI=1S/C21H16ClNO2S2/c1-14-18-13-16(22)11-12-20(18)26-21(14)27(24,25)23-19-10-6-5-9-17(19)15-7-3-2-4-8-15/h2-13,23H,1H3. The molecule has 136 valence electrons. The summed E-state index contributed by atoms with van der Waals surface area (Å²) in [6, 6.07) is 22.5. The number of aryl methyl sites for hydroxylation is 1. The van der Waals surface area contributed by atoms with Crippen LogP contribution in [0.1, 0.15) is 5.56 Å². The van der Waals surface area contributed by atoms with Crippen LogP contribution in [0.3, 0.4) is 0 Å². The summed E-state index contributed by atoms with van der Waals surface area (Å²) < 4.78 is 30.2. The van der Waals surface area contributed by atoms with Gasteiger partial charge in [0.1, 0.15) is 4.21 Å². The van der Waals surface area contributed by atoms with E-state index in [2.05, 4.69) is 4.72 Å². The second-order valence-corrected chi connectivity index (χ2v) is 9.54. The van der Waals surface area contributed by atoms with Crippen molar-refractivity contribution in [3.8, 4) is 11.1 Å². The molecule has 0 amide bonds. The fraction of sp³-hybridized carbons (Fsp3) is 0.0476. The third-order valence-corrected chi connectivity index (χ3v) is 7.85. The summed E-state index contributed by atoms with van der Waals surface area (Å²) >= 11 is 7.32. The number of fused-ring (bicyclic) bond motifs is 1. The number of para-hydroxylation sites is 1. The number of rotatable bonds is 4. The average molecular weight is 414 g/mol. The largest absolute Gasteiger partial charge is 0.278 e. The van der Waals surface area contributed by atoms with Crippen LogP contribution in [0, 0.1) is 6.92 Å². The van der Waals surface area contributed by atoms with E-state index < -0.39 is 10.0 Å².